The van der Waals surface area contributed by atoms with Crippen molar-refractivity contribution in [1.82, 2.24) is 0 Å². The lowest BCUT2D eigenvalue weighted by Crippen LogP contribution is -2.30. The molecule has 0 radical (unpaired) electrons. The second-order valence-corrected chi connectivity index (χ2v) is 2.39. The lowest BCUT2D eigenvalue weighted by Gasteiger charge is -2.03. The van der Waals surface area contributed by atoms with Gasteiger partial charge in [0.1, 0.15) is 6.04 Å². The van der Waals surface area contributed by atoms with Crippen LogP contribution in [0.1, 0.15) is 12.8 Å². The maximum absolute atomic E-state index is 10.3. The number of nitrogens with two attached hydrogens (primary N) is 1. The van der Waals surface area contributed by atoms with E-state index < -0.39 is 12.0 Å². The van der Waals surface area contributed by atoms with E-state index >= 15 is 0 Å². The highest BCUT2D eigenvalue weighted by molar-refractivity contribution is 5.74. The number of carboxylic acids is 1. The Kier molecular flexibility index (Phi) is 2.38. The zero-order chi connectivity index (χ0) is 8.27. The third-order valence-electron chi connectivity index (χ3n) is 1.46. The van der Waals surface area contributed by atoms with Gasteiger partial charge in [-0.2, -0.15) is 0 Å². The Hall–Kier alpha value is -1.16. The van der Waals surface area contributed by atoms with Gasteiger partial charge in [0.25, 0.3) is 0 Å². The molecule has 1 unspecified atom stereocenters. The Morgan fingerprint density at radius 1 is 1.91 bits per heavy atom. The van der Waals surface area contributed by atoms with E-state index in [1.54, 1.807) is 6.21 Å². The predicted octanol–water partition coefficient (Wildman–Crippen LogP) is 0.147. The quantitative estimate of drug-likeness (QED) is 0.607. The third-order valence-corrected chi connectivity index (χ3v) is 1.46. The summed E-state index contributed by atoms with van der Waals surface area (Å²) in [7, 11) is 0. The van der Waals surface area contributed by atoms with Gasteiger partial charge in [0.2, 0.25) is 0 Å². The molecule has 0 amide bonds. The molecule has 0 aliphatic carbocycles. The van der Waals surface area contributed by atoms with E-state index in [4.69, 9.17) is 10.8 Å². The highest BCUT2D eigenvalue weighted by atomic mass is 16.4. The number of carboxylic acid groups (broad SMARTS) is 1. The second-order valence-electron chi connectivity index (χ2n) is 2.39. The second kappa shape index (κ2) is 3.30. The van der Waals surface area contributed by atoms with Gasteiger partial charge in [-0.05, 0) is 0 Å². The van der Waals surface area contributed by atoms with Crippen LogP contribution in [0.3, 0.4) is 0 Å². The van der Waals surface area contributed by atoms with Crippen molar-refractivity contribution in [1.29, 1.82) is 0 Å². The molecule has 1 aliphatic heterocycles. The third kappa shape index (κ3) is 2.16. The monoisotopic (exact) mass is 154 g/mol. The molecule has 0 spiro atoms. The van der Waals surface area contributed by atoms with Gasteiger partial charge in [0.05, 0.1) is 0 Å². The molecule has 1 heterocycles. The molecule has 1 atom stereocenters. The number of nitrogens with zero attached hydrogens (tertiary/aromatic N) is 1. The van der Waals surface area contributed by atoms with Crippen molar-refractivity contribution in [2.75, 3.05) is 0 Å². The smallest absolute Gasteiger partial charge is 0.320 e. The van der Waals surface area contributed by atoms with Gasteiger partial charge in [0.15, 0.2) is 0 Å². The van der Waals surface area contributed by atoms with Crippen molar-refractivity contribution in [3.05, 3.63) is 11.8 Å². The summed E-state index contributed by atoms with van der Waals surface area (Å²) in [6.45, 7) is 0. The van der Waals surface area contributed by atoms with Crippen LogP contribution in [0.4, 0.5) is 0 Å². The molecular formula is C7H10N2O2. The average molecular weight is 154 g/mol. The van der Waals surface area contributed by atoms with E-state index in [2.05, 4.69) is 4.99 Å². The lowest BCUT2D eigenvalue weighted by molar-refractivity contribution is -0.138. The molecule has 1 rings (SSSR count). The van der Waals surface area contributed by atoms with Gasteiger partial charge in [0, 0.05) is 24.8 Å². The summed E-state index contributed by atoms with van der Waals surface area (Å²) in [5.74, 6) is -0.979. The van der Waals surface area contributed by atoms with E-state index in [1.807, 2.05) is 6.08 Å². The maximum atomic E-state index is 10.3. The molecule has 0 aromatic carbocycles. The molecule has 3 N–H and O–H groups in total. The standard InChI is InChI=1S/C7H10N2O2/c8-6(7(10)11)4-5-2-1-3-9-5/h2-3,6H,1,4,8H2,(H,10,11). The van der Waals surface area contributed by atoms with Crippen molar-refractivity contribution in [2.45, 2.75) is 18.9 Å². The molecule has 4 heteroatoms. The van der Waals surface area contributed by atoms with Crippen LogP contribution >= 0.6 is 0 Å². The van der Waals surface area contributed by atoms with Crippen LogP contribution in [0.5, 0.6) is 0 Å². The summed E-state index contributed by atoms with van der Waals surface area (Å²) in [6.07, 6.45) is 4.74. The molecule has 4 nitrogen and oxygen atoms in total. The van der Waals surface area contributed by atoms with Gasteiger partial charge in [-0.15, -0.1) is 0 Å². The molecule has 1 aliphatic rings. The minimum Gasteiger partial charge on any atom is -0.480 e. The number of rotatable bonds is 3. The Morgan fingerprint density at radius 3 is 3.09 bits per heavy atom. The van der Waals surface area contributed by atoms with Crippen molar-refractivity contribution in [3.8, 4) is 0 Å². The van der Waals surface area contributed by atoms with Gasteiger partial charge in [-0.3, -0.25) is 9.79 Å². The highest BCUT2D eigenvalue weighted by Gasteiger charge is 2.13. The van der Waals surface area contributed by atoms with Crippen LogP contribution in [-0.4, -0.2) is 23.3 Å². The molecule has 0 saturated heterocycles. The van der Waals surface area contributed by atoms with Crippen molar-refractivity contribution < 1.29 is 9.90 Å². The Bertz CT molecular complexity index is 220. The van der Waals surface area contributed by atoms with Crippen LogP contribution in [0.15, 0.2) is 16.8 Å². The fraction of sp³-hybridized carbons (Fsp3) is 0.429. The summed E-state index contributed by atoms with van der Waals surface area (Å²) >= 11 is 0. The molecule has 0 fully saturated rings. The van der Waals surface area contributed by atoms with E-state index in [9.17, 15) is 4.79 Å². The summed E-state index contributed by atoms with van der Waals surface area (Å²) < 4.78 is 0. The van der Waals surface area contributed by atoms with Crippen LogP contribution in [0.2, 0.25) is 0 Å². The number of hydrogen-bond donors (Lipinski definition) is 2. The van der Waals surface area contributed by atoms with Crippen LogP contribution < -0.4 is 5.73 Å². The largest absolute Gasteiger partial charge is 0.480 e. The Morgan fingerprint density at radius 2 is 2.64 bits per heavy atom. The number of carbonyl (C=O) groups is 1. The topological polar surface area (TPSA) is 75.7 Å². The van der Waals surface area contributed by atoms with E-state index in [0.717, 1.165) is 12.1 Å². The predicted molar refractivity (Wildman–Crippen MR) is 41.4 cm³/mol. The first-order valence-corrected chi connectivity index (χ1v) is 3.40. The van der Waals surface area contributed by atoms with Gasteiger partial charge in [-0.1, -0.05) is 6.08 Å². The van der Waals surface area contributed by atoms with Gasteiger partial charge < -0.3 is 10.8 Å². The molecular weight excluding hydrogens is 144 g/mol. The van der Waals surface area contributed by atoms with E-state index in [0.29, 0.717) is 6.42 Å². The number of allylic oxidation sites excluding steroid dienone is 1. The number of aliphatic imine (C=N–C) groups is 1. The fourth-order valence-electron chi connectivity index (χ4n) is 0.860. The minimum atomic E-state index is -0.979. The molecule has 60 valence electrons. The summed E-state index contributed by atoms with van der Waals surface area (Å²) in [5.41, 5.74) is 6.06. The number of hydrogen-bond acceptors (Lipinski definition) is 3. The molecule has 0 aromatic rings. The zero-order valence-electron chi connectivity index (χ0n) is 6.03. The lowest BCUT2D eigenvalue weighted by atomic mass is 10.2. The summed E-state index contributed by atoms with van der Waals surface area (Å²) in [4.78, 5) is 14.2. The van der Waals surface area contributed by atoms with Gasteiger partial charge in [-0.25, -0.2) is 0 Å². The zero-order valence-corrected chi connectivity index (χ0v) is 6.03. The molecule has 11 heavy (non-hydrogen) atoms. The normalized spacial score (nSPS) is 18.1. The summed E-state index contributed by atoms with van der Waals surface area (Å²) in [6, 6.07) is -0.823. The van der Waals surface area contributed by atoms with Crippen molar-refractivity contribution in [3.63, 3.8) is 0 Å². The van der Waals surface area contributed by atoms with Crippen LogP contribution in [0.25, 0.3) is 0 Å². The number of aliphatic carboxylic acids is 1. The highest BCUT2D eigenvalue weighted by Crippen LogP contribution is 2.10. The van der Waals surface area contributed by atoms with Gasteiger partial charge >= 0.3 is 5.97 Å². The van der Waals surface area contributed by atoms with Crippen LogP contribution in [0, 0.1) is 0 Å². The first-order chi connectivity index (χ1) is 5.20. The first kappa shape index (κ1) is 7.94. The van der Waals surface area contributed by atoms with E-state index in [1.165, 1.54) is 0 Å². The average Bonchev–Trinajstić information content (AvgIpc) is 2.39. The summed E-state index contributed by atoms with van der Waals surface area (Å²) in [5, 5.41) is 8.44. The van der Waals surface area contributed by atoms with Crippen molar-refractivity contribution >= 4 is 12.2 Å². The van der Waals surface area contributed by atoms with Crippen LogP contribution in [-0.2, 0) is 4.79 Å². The Labute approximate surface area is 64.4 Å². The maximum Gasteiger partial charge on any atom is 0.320 e. The Balaban J connectivity index is 2.42. The van der Waals surface area contributed by atoms with Crippen molar-refractivity contribution in [2.24, 2.45) is 10.7 Å². The molecule has 0 bridgehead atoms. The van der Waals surface area contributed by atoms with E-state index in [-0.39, 0.29) is 0 Å². The molecule has 0 saturated carbocycles. The minimum absolute atomic E-state index is 0.325. The first-order valence-electron chi connectivity index (χ1n) is 3.40. The SMILES string of the molecule is NC(CC1=CCC=N1)C(=O)O. The molecule has 0 aromatic heterocycles. The fourth-order valence-corrected chi connectivity index (χ4v) is 0.860.